The van der Waals surface area contributed by atoms with Crippen molar-refractivity contribution in [3.63, 3.8) is 0 Å². The molecule has 1 aliphatic heterocycles. The van der Waals surface area contributed by atoms with Crippen molar-refractivity contribution in [3.8, 4) is 0 Å². The molecule has 0 bridgehead atoms. The summed E-state index contributed by atoms with van der Waals surface area (Å²) in [5.41, 5.74) is 0.783. The summed E-state index contributed by atoms with van der Waals surface area (Å²) in [4.78, 5) is 2.46. The quantitative estimate of drug-likeness (QED) is 0.516. The first-order valence-corrected chi connectivity index (χ1v) is 4.99. The Bertz CT molecular complexity index is 126. The van der Waals surface area contributed by atoms with Gasteiger partial charge in [0.1, 0.15) is 0 Å². The van der Waals surface area contributed by atoms with E-state index in [9.17, 15) is 0 Å². The number of nitrogens with zero attached hydrogens (tertiary/aromatic N) is 1. The molecule has 0 unspecified atom stereocenters. The molecule has 1 aliphatic carbocycles. The molecule has 0 N–H and O–H groups in total. The predicted molar refractivity (Wildman–Crippen MR) is 47.6 cm³/mol. The summed E-state index contributed by atoms with van der Waals surface area (Å²) in [6, 6.07) is 0. The molecule has 0 aromatic carbocycles. The van der Waals surface area contributed by atoms with Crippen LogP contribution < -0.4 is 0 Å². The Labute approximate surface area is 69.8 Å². The standard InChI is InChI=1S/C10H19N/c1-11-8-10(9-11)6-4-2-3-5-7-10/h2-9H2,1H3. The minimum absolute atomic E-state index is 0.783. The van der Waals surface area contributed by atoms with Gasteiger partial charge in [0.15, 0.2) is 0 Å². The second kappa shape index (κ2) is 2.78. The predicted octanol–water partition coefficient (Wildman–Crippen LogP) is 2.27. The molecule has 1 saturated heterocycles. The van der Waals surface area contributed by atoms with E-state index < -0.39 is 0 Å². The lowest BCUT2D eigenvalue weighted by Crippen LogP contribution is -2.53. The SMILES string of the molecule is CN1CC2(CCCCCC2)C1. The molecule has 0 aromatic rings. The Morgan fingerprint density at radius 2 is 1.45 bits per heavy atom. The lowest BCUT2D eigenvalue weighted by atomic mass is 9.74. The first kappa shape index (κ1) is 7.60. The molecule has 11 heavy (non-hydrogen) atoms. The van der Waals surface area contributed by atoms with Crippen LogP contribution in [0, 0.1) is 5.41 Å². The van der Waals surface area contributed by atoms with Gasteiger partial charge < -0.3 is 4.90 Å². The van der Waals surface area contributed by atoms with Gasteiger partial charge in [0.2, 0.25) is 0 Å². The van der Waals surface area contributed by atoms with Gasteiger partial charge in [0.05, 0.1) is 0 Å². The third kappa shape index (κ3) is 1.44. The van der Waals surface area contributed by atoms with Crippen LogP contribution >= 0.6 is 0 Å². The van der Waals surface area contributed by atoms with Gasteiger partial charge in [-0.15, -0.1) is 0 Å². The summed E-state index contributed by atoms with van der Waals surface area (Å²) in [5, 5.41) is 0. The Morgan fingerprint density at radius 3 is 1.91 bits per heavy atom. The molecule has 0 aromatic heterocycles. The summed E-state index contributed by atoms with van der Waals surface area (Å²) in [5.74, 6) is 0. The minimum atomic E-state index is 0.783. The number of likely N-dealkylation sites (tertiary alicyclic amines) is 1. The zero-order valence-corrected chi connectivity index (χ0v) is 7.60. The molecule has 1 spiro atoms. The smallest absolute Gasteiger partial charge is 0.00474 e. The van der Waals surface area contributed by atoms with E-state index >= 15 is 0 Å². The second-order valence-corrected chi connectivity index (χ2v) is 4.59. The number of hydrogen-bond donors (Lipinski definition) is 0. The molecule has 64 valence electrons. The summed E-state index contributed by atoms with van der Waals surface area (Å²) < 4.78 is 0. The van der Waals surface area contributed by atoms with Crippen LogP contribution in [0.25, 0.3) is 0 Å². The van der Waals surface area contributed by atoms with Gasteiger partial charge >= 0.3 is 0 Å². The molecule has 1 saturated carbocycles. The highest BCUT2D eigenvalue weighted by molar-refractivity contribution is 4.93. The first-order valence-electron chi connectivity index (χ1n) is 4.99. The van der Waals surface area contributed by atoms with Crippen LogP contribution in [0.3, 0.4) is 0 Å². The molecule has 1 heteroatoms. The molecule has 2 rings (SSSR count). The molecule has 0 amide bonds. The topological polar surface area (TPSA) is 3.24 Å². The highest BCUT2D eigenvalue weighted by Gasteiger charge is 2.40. The van der Waals surface area contributed by atoms with Crippen molar-refractivity contribution >= 4 is 0 Å². The van der Waals surface area contributed by atoms with Crippen LogP contribution in [0.15, 0.2) is 0 Å². The molecule has 2 aliphatic rings. The van der Waals surface area contributed by atoms with Gasteiger partial charge in [-0.2, -0.15) is 0 Å². The highest BCUT2D eigenvalue weighted by Crippen LogP contribution is 2.41. The van der Waals surface area contributed by atoms with Crippen LogP contribution in [-0.4, -0.2) is 25.0 Å². The fraction of sp³-hybridized carbons (Fsp3) is 1.00. The second-order valence-electron chi connectivity index (χ2n) is 4.59. The molecule has 0 atom stereocenters. The molecule has 1 nitrogen and oxygen atoms in total. The fourth-order valence-corrected chi connectivity index (χ4v) is 2.89. The van der Waals surface area contributed by atoms with E-state index in [0.29, 0.717) is 0 Å². The maximum absolute atomic E-state index is 2.46. The zero-order chi connectivity index (χ0) is 7.73. The molecule has 0 radical (unpaired) electrons. The third-order valence-corrected chi connectivity index (χ3v) is 3.37. The van der Waals surface area contributed by atoms with Gasteiger partial charge in [-0.3, -0.25) is 0 Å². The van der Waals surface area contributed by atoms with E-state index in [2.05, 4.69) is 11.9 Å². The lowest BCUT2D eigenvalue weighted by molar-refractivity contribution is 0.00888. The van der Waals surface area contributed by atoms with Crippen molar-refractivity contribution in [2.75, 3.05) is 20.1 Å². The average Bonchev–Trinajstić information content (AvgIpc) is 2.12. The maximum atomic E-state index is 2.46. The summed E-state index contributed by atoms with van der Waals surface area (Å²) >= 11 is 0. The fourth-order valence-electron chi connectivity index (χ4n) is 2.89. The van der Waals surface area contributed by atoms with Crippen molar-refractivity contribution in [3.05, 3.63) is 0 Å². The summed E-state index contributed by atoms with van der Waals surface area (Å²) in [6.45, 7) is 2.76. The third-order valence-electron chi connectivity index (χ3n) is 3.37. The molecule has 2 fully saturated rings. The van der Waals surface area contributed by atoms with Crippen molar-refractivity contribution in [2.45, 2.75) is 38.5 Å². The average molecular weight is 153 g/mol. The van der Waals surface area contributed by atoms with Crippen molar-refractivity contribution < 1.29 is 0 Å². The van der Waals surface area contributed by atoms with Crippen LogP contribution in [0.2, 0.25) is 0 Å². The van der Waals surface area contributed by atoms with Crippen molar-refractivity contribution in [1.29, 1.82) is 0 Å². The molecular weight excluding hydrogens is 134 g/mol. The van der Waals surface area contributed by atoms with Crippen LogP contribution in [0.1, 0.15) is 38.5 Å². The normalized spacial score (nSPS) is 31.4. The maximum Gasteiger partial charge on any atom is 0.00474 e. The van der Waals surface area contributed by atoms with Gasteiger partial charge in [-0.05, 0) is 25.3 Å². The summed E-state index contributed by atoms with van der Waals surface area (Å²) in [7, 11) is 2.25. The number of rotatable bonds is 0. The van der Waals surface area contributed by atoms with Gasteiger partial charge in [0, 0.05) is 13.1 Å². The van der Waals surface area contributed by atoms with Crippen LogP contribution in [-0.2, 0) is 0 Å². The lowest BCUT2D eigenvalue weighted by Gasteiger charge is -2.48. The minimum Gasteiger partial charge on any atom is -0.305 e. The molecule has 1 heterocycles. The Kier molecular flexibility index (Phi) is 1.92. The van der Waals surface area contributed by atoms with Gasteiger partial charge in [-0.1, -0.05) is 25.7 Å². The van der Waals surface area contributed by atoms with Gasteiger partial charge in [-0.25, -0.2) is 0 Å². The summed E-state index contributed by atoms with van der Waals surface area (Å²) in [6.07, 6.45) is 8.99. The van der Waals surface area contributed by atoms with E-state index in [1.54, 1.807) is 0 Å². The van der Waals surface area contributed by atoms with Gasteiger partial charge in [0.25, 0.3) is 0 Å². The Hall–Kier alpha value is -0.0400. The van der Waals surface area contributed by atoms with E-state index in [1.165, 1.54) is 51.6 Å². The highest BCUT2D eigenvalue weighted by atomic mass is 15.2. The first-order chi connectivity index (χ1) is 5.31. The van der Waals surface area contributed by atoms with E-state index in [-0.39, 0.29) is 0 Å². The van der Waals surface area contributed by atoms with Crippen molar-refractivity contribution in [2.24, 2.45) is 5.41 Å². The van der Waals surface area contributed by atoms with E-state index in [0.717, 1.165) is 5.41 Å². The Morgan fingerprint density at radius 1 is 0.909 bits per heavy atom. The van der Waals surface area contributed by atoms with E-state index in [4.69, 9.17) is 0 Å². The monoisotopic (exact) mass is 153 g/mol. The van der Waals surface area contributed by atoms with E-state index in [1.807, 2.05) is 0 Å². The van der Waals surface area contributed by atoms with Crippen LogP contribution in [0.4, 0.5) is 0 Å². The molecular formula is C10H19N. The Balaban J connectivity index is 1.91. The largest absolute Gasteiger partial charge is 0.305 e. The number of hydrogen-bond acceptors (Lipinski definition) is 1. The zero-order valence-electron chi connectivity index (χ0n) is 7.60. The van der Waals surface area contributed by atoms with Crippen molar-refractivity contribution in [1.82, 2.24) is 4.90 Å². The van der Waals surface area contributed by atoms with Crippen LogP contribution in [0.5, 0.6) is 0 Å².